The van der Waals surface area contributed by atoms with Gasteiger partial charge in [0.1, 0.15) is 6.33 Å². The van der Waals surface area contributed by atoms with Crippen LogP contribution in [0.3, 0.4) is 0 Å². The van der Waals surface area contributed by atoms with Gasteiger partial charge in [0, 0.05) is 17.8 Å². The average molecular weight is 293 g/mol. The van der Waals surface area contributed by atoms with E-state index in [0.29, 0.717) is 11.4 Å². The number of aromatic nitrogens is 2. The molecule has 0 aliphatic rings. The summed E-state index contributed by atoms with van der Waals surface area (Å²) in [4.78, 5) is 17.8. The van der Waals surface area contributed by atoms with Crippen molar-refractivity contribution in [3.05, 3.63) is 58.2 Å². The molecule has 1 aromatic carbocycles. The predicted octanol–water partition coefficient (Wildman–Crippen LogP) is 1.67. The molecule has 0 bridgehead atoms. The monoisotopic (exact) mass is 293 g/mol. The Balaban J connectivity index is 2.28. The number of benzene rings is 1. The molecular formula is C12H11N3O4S. The third-order valence-corrected chi connectivity index (χ3v) is 4.27. The van der Waals surface area contributed by atoms with Gasteiger partial charge in [-0.25, -0.2) is 18.4 Å². The summed E-state index contributed by atoms with van der Waals surface area (Å²) in [5.41, 5.74) is 0.909. The first kappa shape index (κ1) is 14.1. The Morgan fingerprint density at radius 2 is 1.85 bits per heavy atom. The van der Waals surface area contributed by atoms with Crippen LogP contribution in [-0.2, 0) is 15.6 Å². The summed E-state index contributed by atoms with van der Waals surface area (Å²) in [6, 6.07) is 6.36. The van der Waals surface area contributed by atoms with Crippen LogP contribution < -0.4 is 0 Å². The van der Waals surface area contributed by atoms with Crippen LogP contribution in [0.2, 0.25) is 0 Å². The third kappa shape index (κ3) is 3.15. The maximum absolute atomic E-state index is 12.2. The van der Waals surface area contributed by atoms with Crippen LogP contribution in [-0.4, -0.2) is 23.3 Å². The highest BCUT2D eigenvalue weighted by Gasteiger charge is 2.17. The molecule has 0 saturated carbocycles. The Bertz CT molecular complexity index is 742. The lowest BCUT2D eigenvalue weighted by atomic mass is 10.3. The molecule has 0 fully saturated rings. The highest BCUT2D eigenvalue weighted by atomic mass is 32.2. The number of aryl methyl sites for hydroxylation is 1. The molecule has 2 aromatic rings. The lowest BCUT2D eigenvalue weighted by Crippen LogP contribution is -2.07. The zero-order valence-electron chi connectivity index (χ0n) is 10.6. The number of non-ortho nitro benzene ring substituents is 1. The molecule has 0 unspecified atom stereocenters. The van der Waals surface area contributed by atoms with Crippen molar-refractivity contribution in [3.8, 4) is 0 Å². The molecule has 0 saturated heterocycles. The second-order valence-corrected chi connectivity index (χ2v) is 6.15. The topological polar surface area (TPSA) is 103 Å². The molecule has 0 aliphatic heterocycles. The van der Waals surface area contributed by atoms with Crippen LogP contribution in [0.1, 0.15) is 11.4 Å². The SMILES string of the molecule is Cc1cc(CS(=O)(=O)c2ccc([N+](=O)[O-])cc2)ncn1. The van der Waals surface area contributed by atoms with E-state index in [-0.39, 0.29) is 16.3 Å². The molecule has 1 heterocycles. The van der Waals surface area contributed by atoms with E-state index in [1.165, 1.54) is 18.5 Å². The van der Waals surface area contributed by atoms with Crippen molar-refractivity contribution in [1.29, 1.82) is 0 Å². The average Bonchev–Trinajstić information content (AvgIpc) is 2.38. The number of hydrogen-bond acceptors (Lipinski definition) is 6. The number of nitro benzene ring substituents is 1. The first-order valence-electron chi connectivity index (χ1n) is 5.63. The molecule has 1 aromatic heterocycles. The van der Waals surface area contributed by atoms with Gasteiger partial charge in [-0.2, -0.15) is 0 Å². The Labute approximate surface area is 115 Å². The van der Waals surface area contributed by atoms with Crippen molar-refractivity contribution in [2.24, 2.45) is 0 Å². The number of nitro groups is 1. The fourth-order valence-electron chi connectivity index (χ4n) is 1.64. The maximum Gasteiger partial charge on any atom is 0.269 e. The van der Waals surface area contributed by atoms with Gasteiger partial charge in [0.15, 0.2) is 9.84 Å². The fourth-order valence-corrected chi connectivity index (χ4v) is 2.91. The van der Waals surface area contributed by atoms with Crippen LogP contribution in [0, 0.1) is 17.0 Å². The van der Waals surface area contributed by atoms with Gasteiger partial charge in [-0.3, -0.25) is 10.1 Å². The molecule has 0 N–H and O–H groups in total. The minimum Gasteiger partial charge on any atom is -0.258 e. The Morgan fingerprint density at radius 3 is 2.40 bits per heavy atom. The molecular weight excluding hydrogens is 282 g/mol. The summed E-state index contributed by atoms with van der Waals surface area (Å²) in [6.45, 7) is 1.74. The second-order valence-electron chi connectivity index (χ2n) is 4.16. The molecule has 104 valence electrons. The van der Waals surface area contributed by atoms with Crippen LogP contribution in [0.25, 0.3) is 0 Å². The summed E-state index contributed by atoms with van der Waals surface area (Å²) >= 11 is 0. The van der Waals surface area contributed by atoms with Gasteiger partial charge < -0.3 is 0 Å². The van der Waals surface area contributed by atoms with Crippen molar-refractivity contribution in [1.82, 2.24) is 9.97 Å². The highest BCUT2D eigenvalue weighted by molar-refractivity contribution is 7.90. The summed E-state index contributed by atoms with van der Waals surface area (Å²) in [7, 11) is -3.59. The molecule has 0 amide bonds. The summed E-state index contributed by atoms with van der Waals surface area (Å²) in [6.07, 6.45) is 1.30. The molecule has 8 heteroatoms. The Hall–Kier alpha value is -2.35. The highest BCUT2D eigenvalue weighted by Crippen LogP contribution is 2.19. The van der Waals surface area contributed by atoms with Gasteiger partial charge >= 0.3 is 0 Å². The number of rotatable bonds is 4. The Morgan fingerprint density at radius 1 is 1.20 bits per heavy atom. The summed E-state index contributed by atoms with van der Waals surface area (Å²) < 4.78 is 24.3. The molecule has 0 atom stereocenters. The van der Waals surface area contributed by atoms with E-state index in [1.54, 1.807) is 13.0 Å². The molecule has 7 nitrogen and oxygen atoms in total. The van der Waals surface area contributed by atoms with Crippen molar-refractivity contribution in [3.63, 3.8) is 0 Å². The molecule has 2 rings (SSSR count). The van der Waals surface area contributed by atoms with E-state index < -0.39 is 14.8 Å². The molecule has 0 spiro atoms. The zero-order chi connectivity index (χ0) is 14.8. The van der Waals surface area contributed by atoms with E-state index in [4.69, 9.17) is 0 Å². The largest absolute Gasteiger partial charge is 0.269 e. The van der Waals surface area contributed by atoms with Crippen LogP contribution in [0.5, 0.6) is 0 Å². The smallest absolute Gasteiger partial charge is 0.258 e. The van der Waals surface area contributed by atoms with E-state index in [9.17, 15) is 18.5 Å². The van der Waals surface area contributed by atoms with Gasteiger partial charge in [-0.1, -0.05) is 0 Å². The van der Waals surface area contributed by atoms with E-state index in [2.05, 4.69) is 9.97 Å². The number of nitrogens with zero attached hydrogens (tertiary/aromatic N) is 3. The zero-order valence-corrected chi connectivity index (χ0v) is 11.4. The Kier molecular flexibility index (Phi) is 3.75. The predicted molar refractivity (Wildman–Crippen MR) is 70.8 cm³/mol. The van der Waals surface area contributed by atoms with Gasteiger partial charge in [0.2, 0.25) is 0 Å². The van der Waals surface area contributed by atoms with Crippen molar-refractivity contribution in [2.45, 2.75) is 17.6 Å². The van der Waals surface area contributed by atoms with Crippen LogP contribution >= 0.6 is 0 Å². The minimum absolute atomic E-state index is 0.0272. The minimum atomic E-state index is -3.59. The number of hydrogen-bond donors (Lipinski definition) is 0. The molecule has 0 radical (unpaired) electrons. The quantitative estimate of drug-likeness (QED) is 0.627. The second kappa shape index (κ2) is 5.33. The number of sulfone groups is 1. The van der Waals surface area contributed by atoms with Gasteiger partial charge in [0.25, 0.3) is 5.69 Å². The lowest BCUT2D eigenvalue weighted by molar-refractivity contribution is -0.384. The summed E-state index contributed by atoms with van der Waals surface area (Å²) in [5, 5.41) is 10.5. The van der Waals surface area contributed by atoms with E-state index in [0.717, 1.165) is 12.1 Å². The fraction of sp³-hybridized carbons (Fsp3) is 0.167. The summed E-state index contributed by atoms with van der Waals surface area (Å²) in [5.74, 6) is -0.270. The maximum atomic E-state index is 12.2. The van der Waals surface area contributed by atoms with Gasteiger partial charge in [-0.05, 0) is 25.1 Å². The van der Waals surface area contributed by atoms with Crippen LogP contribution in [0.15, 0.2) is 41.6 Å². The van der Waals surface area contributed by atoms with E-state index >= 15 is 0 Å². The normalized spacial score (nSPS) is 11.2. The lowest BCUT2D eigenvalue weighted by Gasteiger charge is -2.04. The van der Waals surface area contributed by atoms with Crippen molar-refractivity contribution < 1.29 is 13.3 Å². The van der Waals surface area contributed by atoms with Gasteiger partial charge in [0.05, 0.1) is 21.3 Å². The van der Waals surface area contributed by atoms with Crippen LogP contribution in [0.4, 0.5) is 5.69 Å². The van der Waals surface area contributed by atoms with Gasteiger partial charge in [-0.15, -0.1) is 0 Å². The standard InChI is InChI=1S/C12H11N3O4S/c1-9-6-10(14-8-13-9)7-20(18,19)12-4-2-11(3-5-12)15(16)17/h2-6,8H,7H2,1H3. The first-order chi connectivity index (χ1) is 9.38. The van der Waals surface area contributed by atoms with E-state index in [1.807, 2.05) is 0 Å². The molecule has 0 aliphatic carbocycles. The van der Waals surface area contributed by atoms with Crippen molar-refractivity contribution >= 4 is 15.5 Å². The first-order valence-corrected chi connectivity index (χ1v) is 7.28. The third-order valence-electron chi connectivity index (χ3n) is 2.60. The van der Waals surface area contributed by atoms with Crippen molar-refractivity contribution in [2.75, 3.05) is 0 Å². The molecule has 20 heavy (non-hydrogen) atoms.